The smallest absolute Gasteiger partial charge is 0.0396 e. The van der Waals surface area contributed by atoms with Crippen molar-refractivity contribution in [1.82, 2.24) is 0 Å². The van der Waals surface area contributed by atoms with Crippen molar-refractivity contribution in [3.8, 4) is 0 Å². The maximum atomic E-state index is 6.23. The van der Waals surface area contributed by atoms with Crippen LogP contribution in [-0.2, 0) is 6.42 Å². The maximum absolute atomic E-state index is 6.23. The number of anilines is 2. The van der Waals surface area contributed by atoms with Gasteiger partial charge in [-0.1, -0.05) is 82.4 Å². The standard InChI is InChI=1S/C26H42N2/c1-20-25(27)19-18-23(26(20)28)16-6-2-3-11-17-24(21-12-7-4-8-13-21)22-14-9-5-10-15-22/h3,11,18-19,21-22,24H,2,4-10,12-17,27-28H2,1H3. The monoisotopic (exact) mass is 382 g/mol. The van der Waals surface area contributed by atoms with E-state index in [1.165, 1.54) is 82.6 Å². The molecule has 0 radical (unpaired) electrons. The molecule has 2 aliphatic rings. The molecule has 2 aliphatic carbocycles. The van der Waals surface area contributed by atoms with Crippen LogP contribution in [0.3, 0.4) is 0 Å². The van der Waals surface area contributed by atoms with Crippen LogP contribution in [0.25, 0.3) is 0 Å². The average Bonchev–Trinajstić information content (AvgIpc) is 2.74. The molecule has 1 aromatic carbocycles. The van der Waals surface area contributed by atoms with Crippen molar-refractivity contribution in [3.05, 3.63) is 35.4 Å². The Morgan fingerprint density at radius 3 is 2.11 bits per heavy atom. The molecule has 4 N–H and O–H groups in total. The quantitative estimate of drug-likeness (QED) is 0.283. The van der Waals surface area contributed by atoms with Crippen LogP contribution in [-0.4, -0.2) is 0 Å². The van der Waals surface area contributed by atoms with Gasteiger partial charge in [0.2, 0.25) is 0 Å². The largest absolute Gasteiger partial charge is 0.398 e. The summed E-state index contributed by atoms with van der Waals surface area (Å²) in [7, 11) is 0. The van der Waals surface area contributed by atoms with Crippen LogP contribution in [0.15, 0.2) is 24.3 Å². The van der Waals surface area contributed by atoms with Gasteiger partial charge >= 0.3 is 0 Å². The fourth-order valence-corrected chi connectivity index (χ4v) is 5.70. The number of allylic oxidation sites excluding steroid dienone is 2. The van der Waals surface area contributed by atoms with Crippen molar-refractivity contribution in [2.45, 2.75) is 96.8 Å². The van der Waals surface area contributed by atoms with Gasteiger partial charge in [0, 0.05) is 11.4 Å². The maximum Gasteiger partial charge on any atom is 0.0396 e. The number of aryl methyl sites for hydroxylation is 1. The minimum Gasteiger partial charge on any atom is -0.398 e. The topological polar surface area (TPSA) is 52.0 Å². The molecule has 2 saturated carbocycles. The van der Waals surface area contributed by atoms with E-state index in [1.807, 2.05) is 13.0 Å². The molecule has 0 atom stereocenters. The first kappa shape index (κ1) is 21.3. The molecule has 0 spiro atoms. The third kappa shape index (κ3) is 5.78. The predicted octanol–water partition coefficient (Wildman–Crippen LogP) is 7.21. The number of rotatable bonds is 8. The van der Waals surface area contributed by atoms with Crippen LogP contribution >= 0.6 is 0 Å². The van der Waals surface area contributed by atoms with Gasteiger partial charge in [0.15, 0.2) is 0 Å². The number of unbranched alkanes of at least 4 members (excludes halogenated alkanes) is 1. The highest BCUT2D eigenvalue weighted by Gasteiger charge is 2.30. The second-order valence-corrected chi connectivity index (χ2v) is 9.41. The van der Waals surface area contributed by atoms with E-state index >= 15 is 0 Å². The van der Waals surface area contributed by atoms with Crippen LogP contribution in [0.5, 0.6) is 0 Å². The lowest BCUT2D eigenvalue weighted by Gasteiger charge is -2.37. The summed E-state index contributed by atoms with van der Waals surface area (Å²) in [4.78, 5) is 0. The van der Waals surface area contributed by atoms with E-state index in [4.69, 9.17) is 11.5 Å². The summed E-state index contributed by atoms with van der Waals surface area (Å²) in [5, 5.41) is 0. The van der Waals surface area contributed by atoms with Crippen LogP contribution in [0.4, 0.5) is 11.4 Å². The van der Waals surface area contributed by atoms with Gasteiger partial charge in [0.1, 0.15) is 0 Å². The zero-order chi connectivity index (χ0) is 19.8. The van der Waals surface area contributed by atoms with Gasteiger partial charge in [-0.2, -0.15) is 0 Å². The minimum atomic E-state index is 0.803. The third-order valence-electron chi connectivity index (χ3n) is 7.55. The van der Waals surface area contributed by atoms with Crippen molar-refractivity contribution >= 4 is 11.4 Å². The van der Waals surface area contributed by atoms with Crippen LogP contribution in [0.1, 0.15) is 94.6 Å². The normalized spacial score (nSPS) is 19.6. The van der Waals surface area contributed by atoms with Crippen molar-refractivity contribution < 1.29 is 0 Å². The molecule has 28 heavy (non-hydrogen) atoms. The van der Waals surface area contributed by atoms with Gasteiger partial charge in [0.05, 0.1) is 0 Å². The number of benzene rings is 1. The van der Waals surface area contributed by atoms with Crippen molar-refractivity contribution in [2.24, 2.45) is 17.8 Å². The van der Waals surface area contributed by atoms with Crippen molar-refractivity contribution in [1.29, 1.82) is 0 Å². The van der Waals surface area contributed by atoms with E-state index in [0.717, 1.165) is 47.5 Å². The molecule has 0 heterocycles. The second kappa shape index (κ2) is 10.9. The fourth-order valence-electron chi connectivity index (χ4n) is 5.70. The molecular weight excluding hydrogens is 340 g/mol. The molecule has 2 nitrogen and oxygen atoms in total. The van der Waals surface area contributed by atoms with E-state index in [-0.39, 0.29) is 0 Å². The van der Waals surface area contributed by atoms with Gasteiger partial charge in [-0.15, -0.1) is 0 Å². The van der Waals surface area contributed by atoms with Crippen LogP contribution in [0, 0.1) is 24.7 Å². The third-order valence-corrected chi connectivity index (χ3v) is 7.55. The van der Waals surface area contributed by atoms with Crippen molar-refractivity contribution in [2.75, 3.05) is 11.5 Å². The summed E-state index contributed by atoms with van der Waals surface area (Å²) in [6.07, 6.45) is 24.4. The lowest BCUT2D eigenvalue weighted by molar-refractivity contribution is 0.145. The number of nitrogens with two attached hydrogens (primary N) is 2. The molecule has 2 fully saturated rings. The van der Waals surface area contributed by atoms with Gasteiger partial charge in [0.25, 0.3) is 0 Å². The van der Waals surface area contributed by atoms with E-state index in [9.17, 15) is 0 Å². The lowest BCUT2D eigenvalue weighted by Crippen LogP contribution is -2.26. The Labute approximate surface area is 173 Å². The van der Waals surface area contributed by atoms with Crippen LogP contribution < -0.4 is 11.5 Å². The first-order valence-electron chi connectivity index (χ1n) is 11.9. The Hall–Kier alpha value is -1.44. The van der Waals surface area contributed by atoms with Gasteiger partial charge < -0.3 is 11.5 Å². The van der Waals surface area contributed by atoms with Crippen LogP contribution in [0.2, 0.25) is 0 Å². The Balaban J connectivity index is 1.47. The molecule has 0 unspecified atom stereocenters. The first-order valence-corrected chi connectivity index (χ1v) is 11.9. The number of nitrogen functional groups attached to an aromatic ring is 2. The average molecular weight is 383 g/mol. The number of hydrogen-bond donors (Lipinski definition) is 2. The molecule has 3 rings (SSSR count). The molecule has 2 heteroatoms. The zero-order valence-electron chi connectivity index (χ0n) is 18.1. The summed E-state index contributed by atoms with van der Waals surface area (Å²) in [6.45, 7) is 2.02. The van der Waals surface area contributed by atoms with E-state index in [2.05, 4.69) is 18.2 Å². The lowest BCUT2D eigenvalue weighted by atomic mass is 9.68. The SMILES string of the molecule is Cc1c(N)ccc(CCCC=CCC(C2CCCCC2)C2CCCCC2)c1N. The highest BCUT2D eigenvalue weighted by atomic mass is 14.6. The molecular formula is C26H42N2. The minimum absolute atomic E-state index is 0.803. The van der Waals surface area contributed by atoms with Gasteiger partial charge in [-0.05, 0) is 67.6 Å². The molecule has 1 aromatic rings. The molecule has 0 aliphatic heterocycles. The molecule has 0 saturated heterocycles. The zero-order valence-corrected chi connectivity index (χ0v) is 18.1. The summed E-state index contributed by atoms with van der Waals surface area (Å²) >= 11 is 0. The Morgan fingerprint density at radius 2 is 1.50 bits per heavy atom. The first-order chi connectivity index (χ1) is 13.7. The summed E-state index contributed by atoms with van der Waals surface area (Å²) < 4.78 is 0. The van der Waals surface area contributed by atoms with Gasteiger partial charge in [-0.3, -0.25) is 0 Å². The molecule has 0 bridgehead atoms. The fraction of sp³-hybridized carbons (Fsp3) is 0.692. The highest BCUT2D eigenvalue weighted by molar-refractivity contribution is 5.64. The highest BCUT2D eigenvalue weighted by Crippen LogP contribution is 2.41. The number of hydrogen-bond acceptors (Lipinski definition) is 2. The van der Waals surface area contributed by atoms with E-state index in [1.54, 1.807) is 0 Å². The predicted molar refractivity (Wildman–Crippen MR) is 123 cm³/mol. The van der Waals surface area contributed by atoms with E-state index < -0.39 is 0 Å². The summed E-state index contributed by atoms with van der Waals surface area (Å²) in [5.74, 6) is 2.95. The van der Waals surface area contributed by atoms with E-state index in [0.29, 0.717) is 0 Å². The summed E-state index contributed by atoms with van der Waals surface area (Å²) in [6, 6.07) is 4.10. The van der Waals surface area contributed by atoms with Crippen molar-refractivity contribution in [3.63, 3.8) is 0 Å². The Bertz CT molecular complexity index is 604. The Kier molecular flexibility index (Phi) is 8.30. The Morgan fingerprint density at radius 1 is 0.893 bits per heavy atom. The molecule has 0 amide bonds. The second-order valence-electron chi connectivity index (χ2n) is 9.41. The van der Waals surface area contributed by atoms with Gasteiger partial charge in [-0.25, -0.2) is 0 Å². The molecule has 156 valence electrons. The molecule has 0 aromatic heterocycles. The summed E-state index contributed by atoms with van der Waals surface area (Å²) in [5.41, 5.74) is 16.2.